The number of rotatable bonds is 5. The maximum absolute atomic E-state index is 10.5. The highest BCUT2D eigenvalue weighted by Crippen LogP contribution is 2.28. The number of aliphatic hydroxyl groups excluding tert-OH is 1. The Hall–Kier alpha value is -2.70. The van der Waals surface area contributed by atoms with Gasteiger partial charge in [0, 0.05) is 12.1 Å². The van der Waals surface area contributed by atoms with E-state index in [2.05, 4.69) is 22.1 Å². The van der Waals surface area contributed by atoms with Crippen LogP contribution >= 0.6 is 0 Å². The summed E-state index contributed by atoms with van der Waals surface area (Å²) >= 11 is 0. The molecule has 3 N–H and O–H groups in total. The van der Waals surface area contributed by atoms with Crippen molar-refractivity contribution in [2.24, 2.45) is 0 Å². The minimum absolute atomic E-state index is 0.0830. The van der Waals surface area contributed by atoms with E-state index in [0.29, 0.717) is 17.8 Å². The second-order valence-corrected chi connectivity index (χ2v) is 5.33. The fourth-order valence-electron chi connectivity index (χ4n) is 2.39. The molecule has 0 spiro atoms. The summed E-state index contributed by atoms with van der Waals surface area (Å²) < 4.78 is 0. The first-order valence-corrected chi connectivity index (χ1v) is 7.27. The van der Waals surface area contributed by atoms with E-state index < -0.39 is 6.23 Å². The number of nitrogens with one attached hydrogen (secondary N) is 1. The molecule has 3 rings (SSSR count). The van der Waals surface area contributed by atoms with Crippen molar-refractivity contribution in [3.05, 3.63) is 60.2 Å². The van der Waals surface area contributed by atoms with Gasteiger partial charge in [-0.25, -0.2) is 0 Å². The van der Waals surface area contributed by atoms with E-state index in [1.807, 2.05) is 43.3 Å². The lowest BCUT2D eigenvalue weighted by molar-refractivity contribution is 0.182. The Bertz CT molecular complexity index is 824. The van der Waals surface area contributed by atoms with Crippen molar-refractivity contribution in [2.75, 3.05) is 0 Å². The van der Waals surface area contributed by atoms with Crippen molar-refractivity contribution in [1.82, 2.24) is 20.3 Å². The Kier molecular flexibility index (Phi) is 4.10. The number of fused-ring (bicyclic) bond motifs is 1. The van der Waals surface area contributed by atoms with Gasteiger partial charge in [0.25, 0.3) is 0 Å². The number of aliphatic hydroxyl groups is 1. The van der Waals surface area contributed by atoms with Gasteiger partial charge in [0.15, 0.2) is 0 Å². The molecule has 0 saturated carbocycles. The molecule has 0 aliphatic carbocycles. The van der Waals surface area contributed by atoms with Crippen LogP contribution in [0.25, 0.3) is 16.7 Å². The zero-order valence-electron chi connectivity index (χ0n) is 12.8. The van der Waals surface area contributed by atoms with E-state index in [1.165, 1.54) is 10.9 Å². The molecule has 0 saturated heterocycles. The van der Waals surface area contributed by atoms with Crippen molar-refractivity contribution >= 4 is 11.0 Å². The van der Waals surface area contributed by atoms with Crippen LogP contribution in [0.3, 0.4) is 0 Å². The smallest absolute Gasteiger partial charge is 0.147 e. The van der Waals surface area contributed by atoms with E-state index in [4.69, 9.17) is 0 Å². The van der Waals surface area contributed by atoms with Crippen molar-refractivity contribution in [3.8, 4) is 11.4 Å². The van der Waals surface area contributed by atoms with Gasteiger partial charge in [-0.3, -0.25) is 5.32 Å². The third-order valence-corrected chi connectivity index (χ3v) is 3.54. The van der Waals surface area contributed by atoms with E-state index in [0.717, 1.165) is 16.6 Å². The molecule has 1 aromatic heterocycles. The third-order valence-electron chi connectivity index (χ3n) is 3.54. The molecule has 0 aliphatic rings. The van der Waals surface area contributed by atoms with Crippen molar-refractivity contribution in [3.63, 3.8) is 0 Å². The van der Waals surface area contributed by atoms with Crippen molar-refractivity contribution < 1.29 is 10.2 Å². The van der Waals surface area contributed by atoms with Gasteiger partial charge < -0.3 is 10.2 Å². The number of benzene rings is 2. The van der Waals surface area contributed by atoms with E-state index in [1.54, 1.807) is 0 Å². The summed E-state index contributed by atoms with van der Waals surface area (Å²) in [7, 11) is 0. The van der Waals surface area contributed by atoms with Crippen LogP contribution < -0.4 is 5.32 Å². The summed E-state index contributed by atoms with van der Waals surface area (Å²) in [5.74, 6) is 0.0830. The molecule has 0 aliphatic heterocycles. The van der Waals surface area contributed by atoms with E-state index >= 15 is 0 Å². The molecule has 0 amide bonds. The summed E-state index contributed by atoms with van der Waals surface area (Å²) in [4.78, 5) is 1.43. The van der Waals surface area contributed by atoms with Gasteiger partial charge in [-0.15, -0.1) is 15.0 Å². The number of hydrogen-bond donors (Lipinski definition) is 3. The number of aromatic hydroxyl groups is 1. The van der Waals surface area contributed by atoms with Gasteiger partial charge in [0.1, 0.15) is 28.7 Å². The molecule has 1 unspecified atom stereocenters. The lowest BCUT2D eigenvalue weighted by atomic mass is 10.1. The molecule has 118 valence electrons. The Morgan fingerprint density at radius 2 is 1.91 bits per heavy atom. The van der Waals surface area contributed by atoms with E-state index in [-0.39, 0.29) is 5.75 Å². The quantitative estimate of drug-likeness (QED) is 0.496. The summed E-state index contributed by atoms with van der Waals surface area (Å²) in [5.41, 5.74) is 3.64. The maximum atomic E-state index is 10.5. The summed E-state index contributed by atoms with van der Waals surface area (Å²) in [5, 5.41) is 31.7. The van der Waals surface area contributed by atoms with Gasteiger partial charge in [-0.2, -0.15) is 0 Å². The molecule has 1 atom stereocenters. The average molecular weight is 310 g/mol. The van der Waals surface area contributed by atoms with E-state index in [9.17, 15) is 10.2 Å². The first kappa shape index (κ1) is 15.2. The number of aryl methyl sites for hydroxylation is 1. The van der Waals surface area contributed by atoms with Gasteiger partial charge in [0.05, 0.1) is 0 Å². The molecule has 0 bridgehead atoms. The zero-order valence-corrected chi connectivity index (χ0v) is 12.8. The fraction of sp³-hybridized carbons (Fsp3) is 0.176. The first-order valence-electron chi connectivity index (χ1n) is 7.27. The Morgan fingerprint density at radius 3 is 2.52 bits per heavy atom. The van der Waals surface area contributed by atoms with Crippen LogP contribution in [0.15, 0.2) is 49.1 Å². The van der Waals surface area contributed by atoms with Crippen molar-refractivity contribution in [1.29, 1.82) is 0 Å². The Labute approximate surface area is 133 Å². The van der Waals surface area contributed by atoms with Gasteiger partial charge in [-0.1, -0.05) is 24.8 Å². The summed E-state index contributed by atoms with van der Waals surface area (Å²) in [6.45, 7) is 5.73. The molecule has 0 radical (unpaired) electrons. The molecule has 0 fully saturated rings. The summed E-state index contributed by atoms with van der Waals surface area (Å²) in [6, 6.07) is 11.2. The van der Waals surface area contributed by atoms with Crippen molar-refractivity contribution in [2.45, 2.75) is 19.7 Å². The molecule has 6 nitrogen and oxygen atoms in total. The van der Waals surface area contributed by atoms with Crippen LogP contribution in [0.4, 0.5) is 0 Å². The highest BCUT2D eigenvalue weighted by Gasteiger charge is 2.14. The number of phenolic OH excluding ortho intramolecular Hbond substituents is 1. The minimum atomic E-state index is -0.830. The number of nitrogens with zero attached hydrogens (tertiary/aromatic N) is 3. The lowest BCUT2D eigenvalue weighted by Gasteiger charge is -2.13. The Balaban J connectivity index is 2.01. The average Bonchev–Trinajstić information content (AvgIpc) is 2.98. The second kappa shape index (κ2) is 6.20. The van der Waals surface area contributed by atoms with Crippen LogP contribution in [0, 0.1) is 6.92 Å². The molecule has 2 aromatic carbocycles. The van der Waals surface area contributed by atoms with Gasteiger partial charge in [0.2, 0.25) is 0 Å². The molecule has 6 heteroatoms. The predicted molar refractivity (Wildman–Crippen MR) is 88.3 cm³/mol. The minimum Gasteiger partial charge on any atom is -0.505 e. The Morgan fingerprint density at radius 1 is 1.26 bits per heavy atom. The number of hydrogen-bond acceptors (Lipinski definition) is 5. The zero-order chi connectivity index (χ0) is 16.4. The monoisotopic (exact) mass is 310 g/mol. The SMILES string of the molecule is C=CC(O)NCc1cc(C)cc(-n2nc3ccccc3n2)c1O. The van der Waals surface area contributed by atoms with Crippen LogP contribution in [0.5, 0.6) is 5.75 Å². The van der Waals surface area contributed by atoms with Crippen LogP contribution in [0.2, 0.25) is 0 Å². The normalized spacial score (nSPS) is 12.4. The summed E-state index contributed by atoms with van der Waals surface area (Å²) in [6.07, 6.45) is 0.555. The second-order valence-electron chi connectivity index (χ2n) is 5.33. The van der Waals surface area contributed by atoms with Crippen LogP contribution in [-0.2, 0) is 6.54 Å². The molecule has 23 heavy (non-hydrogen) atoms. The van der Waals surface area contributed by atoms with Gasteiger partial charge >= 0.3 is 0 Å². The lowest BCUT2D eigenvalue weighted by Crippen LogP contribution is -2.25. The molecule has 3 aromatic rings. The molecule has 1 heterocycles. The highest BCUT2D eigenvalue weighted by molar-refractivity contribution is 5.73. The highest BCUT2D eigenvalue weighted by atomic mass is 16.3. The van der Waals surface area contributed by atoms with Gasteiger partial charge in [-0.05, 0) is 36.8 Å². The molecular formula is C17H18N4O2. The third kappa shape index (κ3) is 3.08. The van der Waals surface area contributed by atoms with Crippen LogP contribution in [0.1, 0.15) is 11.1 Å². The number of aromatic nitrogens is 3. The largest absolute Gasteiger partial charge is 0.505 e. The van der Waals surface area contributed by atoms with Crippen LogP contribution in [-0.4, -0.2) is 31.4 Å². The maximum Gasteiger partial charge on any atom is 0.147 e. The predicted octanol–water partition coefficient (Wildman–Crippen LogP) is 2.03. The first-order chi connectivity index (χ1) is 11.1. The number of phenols is 1. The standard InChI is InChI=1S/C17H18N4O2/c1-3-16(22)18-10-12-8-11(2)9-15(17(12)23)21-19-13-6-4-5-7-14(13)20-21/h3-9,16,18,22-23H,1,10H2,2H3. The molecular weight excluding hydrogens is 292 g/mol. The topological polar surface area (TPSA) is 83.2 Å². The fourth-order valence-corrected chi connectivity index (χ4v) is 2.39.